The predicted molar refractivity (Wildman–Crippen MR) is 170 cm³/mol. The summed E-state index contributed by atoms with van der Waals surface area (Å²) in [7, 11) is 0. The average Bonchev–Trinajstić information content (AvgIpc) is 3.03. The molecular weight excluding hydrogens is 607 g/mol. The summed E-state index contributed by atoms with van der Waals surface area (Å²) in [5.41, 5.74) is 2.11. The number of carbonyl (C=O) groups excluding carboxylic acids is 1. The van der Waals surface area contributed by atoms with Crippen LogP contribution in [0.25, 0.3) is 6.08 Å². The normalized spacial score (nSPS) is 14.2. The van der Waals surface area contributed by atoms with Gasteiger partial charge in [-0.05, 0) is 41.0 Å². The van der Waals surface area contributed by atoms with Gasteiger partial charge >= 0.3 is 6.18 Å². The maximum absolute atomic E-state index is 13.0. The Balaban J connectivity index is 1.13. The Hall–Kier alpha value is -3.86. The summed E-state index contributed by atoms with van der Waals surface area (Å²) in [6.07, 6.45) is -0.103. The number of carbonyl (C=O) groups is 1. The number of anilines is 1. The number of nitrogens with one attached hydrogen (secondary N) is 1. The Bertz CT molecular complexity index is 1590. The van der Waals surface area contributed by atoms with Crippen LogP contribution in [0.2, 0.25) is 5.15 Å². The third kappa shape index (κ3) is 9.07. The zero-order valence-electron chi connectivity index (χ0n) is 23.8. The molecule has 3 aromatic carbocycles. The molecule has 0 aliphatic carbocycles. The number of thioether (sulfide) groups is 1. The topological polar surface area (TPSA) is 61.4 Å². The standard InChI is InChI=1S/C33H31ClF3N5OS/c34-29-21-30(42-17-15-41(16-18-42)14-6-11-24-7-2-1-3-8-24)40-32(39-29)44-23-26-10-4-12-27(19-26)31(43)38-22-25-9-5-13-28(20-25)33(35,36)37/h1-13,19-21H,14-18,22-23H2,(H,38,43). The molecule has 0 atom stereocenters. The Morgan fingerprint density at radius 1 is 0.909 bits per heavy atom. The summed E-state index contributed by atoms with van der Waals surface area (Å²) in [5, 5.41) is 3.61. The first kappa shape index (κ1) is 31.6. The van der Waals surface area contributed by atoms with Crippen LogP contribution in [-0.4, -0.2) is 53.5 Å². The van der Waals surface area contributed by atoms with Crippen LogP contribution in [0.3, 0.4) is 0 Å². The average molecular weight is 638 g/mol. The molecule has 1 aliphatic heterocycles. The number of alkyl halides is 3. The van der Waals surface area contributed by atoms with Gasteiger partial charge in [-0.15, -0.1) is 0 Å². The third-order valence-corrected chi connectivity index (χ3v) is 8.21. The molecular formula is C33H31ClF3N5OS. The van der Waals surface area contributed by atoms with E-state index in [9.17, 15) is 18.0 Å². The lowest BCUT2D eigenvalue weighted by Crippen LogP contribution is -2.46. The fourth-order valence-corrected chi connectivity index (χ4v) is 5.79. The van der Waals surface area contributed by atoms with Gasteiger partial charge in [0.15, 0.2) is 5.16 Å². The van der Waals surface area contributed by atoms with Gasteiger partial charge in [-0.2, -0.15) is 13.2 Å². The molecule has 1 saturated heterocycles. The van der Waals surface area contributed by atoms with E-state index in [-0.39, 0.29) is 12.5 Å². The van der Waals surface area contributed by atoms with Gasteiger partial charge in [0.1, 0.15) is 11.0 Å². The van der Waals surface area contributed by atoms with Crippen molar-refractivity contribution in [2.45, 2.75) is 23.6 Å². The molecule has 6 nitrogen and oxygen atoms in total. The van der Waals surface area contributed by atoms with Gasteiger partial charge in [-0.25, -0.2) is 9.97 Å². The molecule has 0 saturated carbocycles. The van der Waals surface area contributed by atoms with Crippen molar-refractivity contribution in [3.05, 3.63) is 124 Å². The molecule has 44 heavy (non-hydrogen) atoms. The molecule has 0 unspecified atom stereocenters. The maximum Gasteiger partial charge on any atom is 0.416 e. The molecule has 0 bridgehead atoms. The van der Waals surface area contributed by atoms with Crippen molar-refractivity contribution in [3.63, 3.8) is 0 Å². The van der Waals surface area contributed by atoms with Crippen LogP contribution in [0, 0.1) is 0 Å². The summed E-state index contributed by atoms with van der Waals surface area (Å²) in [5.74, 6) is 0.927. The number of piperazine rings is 1. The maximum atomic E-state index is 13.0. The summed E-state index contributed by atoms with van der Waals surface area (Å²) in [4.78, 5) is 26.5. The number of halogens is 4. The number of amides is 1. The van der Waals surface area contributed by atoms with Gasteiger partial charge in [-0.1, -0.05) is 90.1 Å². The first-order valence-corrected chi connectivity index (χ1v) is 15.5. The van der Waals surface area contributed by atoms with Crippen LogP contribution in [-0.2, 0) is 18.5 Å². The highest BCUT2D eigenvalue weighted by molar-refractivity contribution is 7.98. The molecule has 1 fully saturated rings. The summed E-state index contributed by atoms with van der Waals surface area (Å²) < 4.78 is 39.0. The zero-order valence-corrected chi connectivity index (χ0v) is 25.4. The highest BCUT2D eigenvalue weighted by atomic mass is 35.5. The summed E-state index contributed by atoms with van der Waals surface area (Å²) in [6, 6.07) is 24.0. The van der Waals surface area contributed by atoms with E-state index in [0.717, 1.165) is 56.2 Å². The fourth-order valence-electron chi connectivity index (χ4n) is 4.77. The largest absolute Gasteiger partial charge is 0.416 e. The molecule has 1 aliphatic rings. The number of aromatic nitrogens is 2. The molecule has 0 spiro atoms. The van der Waals surface area contributed by atoms with Crippen molar-refractivity contribution >= 4 is 41.2 Å². The summed E-state index contributed by atoms with van der Waals surface area (Å²) >= 11 is 7.79. The van der Waals surface area contributed by atoms with Crippen molar-refractivity contribution in [3.8, 4) is 0 Å². The van der Waals surface area contributed by atoms with Crippen LogP contribution in [0.1, 0.15) is 32.6 Å². The molecule has 11 heteroatoms. The smallest absolute Gasteiger partial charge is 0.354 e. The van der Waals surface area contributed by atoms with Gasteiger partial charge < -0.3 is 10.2 Å². The highest BCUT2D eigenvalue weighted by Gasteiger charge is 2.30. The number of hydrogen-bond acceptors (Lipinski definition) is 6. The number of benzene rings is 3. The van der Waals surface area contributed by atoms with E-state index in [1.165, 1.54) is 23.4 Å². The van der Waals surface area contributed by atoms with Crippen molar-refractivity contribution in [1.29, 1.82) is 0 Å². The lowest BCUT2D eigenvalue weighted by Gasteiger charge is -2.35. The Morgan fingerprint density at radius 2 is 1.66 bits per heavy atom. The van der Waals surface area contributed by atoms with Crippen molar-refractivity contribution < 1.29 is 18.0 Å². The first-order chi connectivity index (χ1) is 21.2. The van der Waals surface area contributed by atoms with Crippen LogP contribution in [0.4, 0.5) is 19.0 Å². The highest BCUT2D eigenvalue weighted by Crippen LogP contribution is 2.30. The van der Waals surface area contributed by atoms with E-state index in [4.69, 9.17) is 16.6 Å². The van der Waals surface area contributed by atoms with E-state index >= 15 is 0 Å². The second-order valence-electron chi connectivity index (χ2n) is 10.3. The molecule has 1 amide bonds. The second-order valence-corrected chi connectivity index (χ2v) is 11.6. The molecule has 228 valence electrons. The predicted octanol–water partition coefficient (Wildman–Crippen LogP) is 7.21. The molecule has 5 rings (SSSR count). The van der Waals surface area contributed by atoms with Crippen LogP contribution < -0.4 is 10.2 Å². The van der Waals surface area contributed by atoms with Crippen molar-refractivity contribution in [2.24, 2.45) is 0 Å². The van der Waals surface area contributed by atoms with Crippen LogP contribution >= 0.6 is 23.4 Å². The van der Waals surface area contributed by atoms with E-state index < -0.39 is 11.7 Å². The van der Waals surface area contributed by atoms with Gasteiger partial charge in [0.05, 0.1) is 5.56 Å². The Kier molecular flexibility index (Phi) is 10.6. The van der Waals surface area contributed by atoms with Gasteiger partial charge in [0.2, 0.25) is 0 Å². The molecule has 0 radical (unpaired) electrons. The first-order valence-electron chi connectivity index (χ1n) is 14.1. The van der Waals surface area contributed by atoms with Gasteiger partial charge in [0.25, 0.3) is 5.91 Å². The molecule has 2 heterocycles. The van der Waals surface area contributed by atoms with Gasteiger partial charge in [0, 0.05) is 56.7 Å². The fraction of sp³-hybridized carbons (Fsp3) is 0.242. The lowest BCUT2D eigenvalue weighted by atomic mass is 10.1. The minimum Gasteiger partial charge on any atom is -0.354 e. The van der Waals surface area contributed by atoms with Gasteiger partial charge in [-0.3, -0.25) is 9.69 Å². The number of rotatable bonds is 10. The minimum atomic E-state index is -4.44. The van der Waals surface area contributed by atoms with E-state index in [0.29, 0.717) is 27.2 Å². The van der Waals surface area contributed by atoms with Crippen LogP contribution in [0.5, 0.6) is 0 Å². The van der Waals surface area contributed by atoms with Crippen molar-refractivity contribution in [2.75, 3.05) is 37.6 Å². The monoisotopic (exact) mass is 637 g/mol. The second kappa shape index (κ2) is 14.7. The Labute approximate surface area is 264 Å². The van der Waals surface area contributed by atoms with E-state index in [2.05, 4.69) is 44.4 Å². The zero-order chi connectivity index (χ0) is 30.9. The lowest BCUT2D eigenvalue weighted by molar-refractivity contribution is -0.137. The molecule has 4 aromatic rings. The molecule has 1 N–H and O–H groups in total. The van der Waals surface area contributed by atoms with Crippen LogP contribution in [0.15, 0.2) is 96.2 Å². The number of hydrogen-bond donors (Lipinski definition) is 1. The van der Waals surface area contributed by atoms with Crippen molar-refractivity contribution in [1.82, 2.24) is 20.2 Å². The summed E-state index contributed by atoms with van der Waals surface area (Å²) in [6.45, 7) is 4.34. The quantitative estimate of drug-likeness (QED) is 0.113. The van der Waals surface area contributed by atoms with E-state index in [1.54, 1.807) is 30.3 Å². The SMILES string of the molecule is O=C(NCc1cccc(C(F)(F)F)c1)c1cccc(CSc2nc(Cl)cc(N3CCN(CC=Cc4ccccc4)CC3)n2)c1. The Morgan fingerprint density at radius 3 is 2.43 bits per heavy atom. The minimum absolute atomic E-state index is 0.0144. The molecule has 1 aromatic heterocycles. The third-order valence-electron chi connectivity index (χ3n) is 7.10. The van der Waals surface area contributed by atoms with E-state index in [1.807, 2.05) is 24.3 Å². The number of nitrogens with zero attached hydrogens (tertiary/aromatic N) is 4.